The fraction of sp³-hybridized carbons (Fsp3) is 0.946. The average Bonchev–Trinajstić information content (AvgIpc) is 3.31. The third-order valence-electron chi connectivity index (χ3n) is 13.9. The van der Waals surface area contributed by atoms with Crippen molar-refractivity contribution in [2.24, 2.45) is 0 Å². The van der Waals surface area contributed by atoms with Crippen molar-refractivity contribution >= 4 is 5.91 Å². The molecule has 1 aliphatic rings. The lowest BCUT2D eigenvalue weighted by atomic mass is 9.99. The van der Waals surface area contributed by atoms with E-state index >= 15 is 0 Å². The average molecular weight is 924 g/mol. The molecule has 1 rings (SSSR count). The van der Waals surface area contributed by atoms with Gasteiger partial charge in [0.25, 0.3) is 0 Å². The number of aliphatic hydroxyl groups excluding tert-OH is 5. The topological polar surface area (TPSA) is 149 Å². The Balaban J connectivity index is 2.21. The number of hydrogen-bond donors (Lipinski definition) is 6. The summed E-state index contributed by atoms with van der Waals surface area (Å²) < 4.78 is 11.3. The normalized spacial score (nSPS) is 19.9. The summed E-state index contributed by atoms with van der Waals surface area (Å²) in [6.45, 7) is 3.87. The van der Waals surface area contributed by atoms with Crippen molar-refractivity contribution in [2.75, 3.05) is 13.2 Å². The van der Waals surface area contributed by atoms with Crippen LogP contribution in [-0.2, 0) is 14.3 Å². The molecule has 1 aliphatic heterocycles. The van der Waals surface area contributed by atoms with E-state index in [1.54, 1.807) is 0 Å². The number of rotatable bonds is 49. The Morgan fingerprint density at radius 3 is 1.25 bits per heavy atom. The second-order valence-electron chi connectivity index (χ2n) is 20.1. The molecule has 7 unspecified atom stereocenters. The van der Waals surface area contributed by atoms with Crippen molar-refractivity contribution < 1.29 is 39.8 Å². The molecule has 6 N–H and O–H groups in total. The Kier molecular flexibility index (Phi) is 44.5. The van der Waals surface area contributed by atoms with E-state index in [-0.39, 0.29) is 12.5 Å². The van der Waals surface area contributed by atoms with Crippen LogP contribution < -0.4 is 5.32 Å². The molecule has 1 fully saturated rings. The van der Waals surface area contributed by atoms with Crippen LogP contribution >= 0.6 is 0 Å². The standard InChI is InChI=1S/C56H109NO8/c1-3-5-7-9-11-13-15-17-19-21-23-24-25-26-28-30-32-34-36-38-40-42-44-46-52(60)57-49(48-64-56-55(63)54(62)53(61)51(47-58)65-56)50(59)45-43-41-39-37-35-33-31-29-27-22-20-18-16-14-12-10-8-6-4-2/h26,28,49-51,53-56,58-59,61-63H,3-25,27,29-48H2,1-2H3,(H,57,60)/b28-26-. The third-order valence-corrected chi connectivity index (χ3v) is 13.9. The zero-order chi connectivity index (χ0) is 47.3. The molecule has 0 aromatic carbocycles. The molecule has 1 amide bonds. The first-order chi connectivity index (χ1) is 31.8. The van der Waals surface area contributed by atoms with Crippen LogP contribution in [0.2, 0.25) is 0 Å². The molecule has 0 radical (unpaired) electrons. The van der Waals surface area contributed by atoms with E-state index in [0.717, 1.165) is 38.5 Å². The molecule has 386 valence electrons. The maximum atomic E-state index is 13.1. The smallest absolute Gasteiger partial charge is 0.220 e. The largest absolute Gasteiger partial charge is 0.394 e. The summed E-state index contributed by atoms with van der Waals surface area (Å²) >= 11 is 0. The van der Waals surface area contributed by atoms with Gasteiger partial charge >= 0.3 is 0 Å². The first kappa shape index (κ1) is 61.9. The second-order valence-corrected chi connectivity index (χ2v) is 20.1. The molecule has 0 bridgehead atoms. The highest BCUT2D eigenvalue weighted by Crippen LogP contribution is 2.23. The first-order valence-corrected chi connectivity index (χ1v) is 28.4. The summed E-state index contributed by atoms with van der Waals surface area (Å²) in [5.74, 6) is -0.144. The minimum atomic E-state index is -1.55. The van der Waals surface area contributed by atoms with Crippen LogP contribution in [0, 0.1) is 0 Å². The molecule has 1 heterocycles. The molecular weight excluding hydrogens is 815 g/mol. The summed E-state index contributed by atoms with van der Waals surface area (Å²) in [7, 11) is 0. The summed E-state index contributed by atoms with van der Waals surface area (Å²) in [6.07, 6.45) is 49.5. The fourth-order valence-corrected chi connectivity index (χ4v) is 9.34. The number of carbonyl (C=O) groups is 1. The van der Waals surface area contributed by atoms with E-state index in [2.05, 4.69) is 31.3 Å². The molecule has 0 aromatic rings. The predicted octanol–water partition coefficient (Wildman–Crippen LogP) is 13.6. The zero-order valence-corrected chi connectivity index (χ0v) is 42.8. The van der Waals surface area contributed by atoms with Crippen molar-refractivity contribution in [3.05, 3.63) is 12.2 Å². The van der Waals surface area contributed by atoms with Gasteiger partial charge in [-0.25, -0.2) is 0 Å². The van der Waals surface area contributed by atoms with E-state index in [4.69, 9.17) is 9.47 Å². The van der Waals surface area contributed by atoms with Gasteiger partial charge in [0, 0.05) is 6.42 Å². The van der Waals surface area contributed by atoms with E-state index in [0.29, 0.717) is 12.8 Å². The number of ether oxygens (including phenoxy) is 2. The molecule has 0 aromatic heterocycles. The summed E-state index contributed by atoms with van der Waals surface area (Å²) in [5, 5.41) is 54.6. The molecule has 0 spiro atoms. The highest BCUT2D eigenvalue weighted by molar-refractivity contribution is 5.76. The van der Waals surface area contributed by atoms with Crippen LogP contribution in [-0.4, -0.2) is 87.5 Å². The maximum Gasteiger partial charge on any atom is 0.220 e. The van der Waals surface area contributed by atoms with Crippen molar-refractivity contribution in [3.8, 4) is 0 Å². The van der Waals surface area contributed by atoms with Crippen LogP contribution in [0.4, 0.5) is 0 Å². The van der Waals surface area contributed by atoms with Gasteiger partial charge in [-0.3, -0.25) is 4.79 Å². The monoisotopic (exact) mass is 924 g/mol. The minimum Gasteiger partial charge on any atom is -0.394 e. The van der Waals surface area contributed by atoms with Gasteiger partial charge in [0.2, 0.25) is 5.91 Å². The van der Waals surface area contributed by atoms with Crippen molar-refractivity contribution in [1.29, 1.82) is 0 Å². The molecule has 65 heavy (non-hydrogen) atoms. The molecule has 0 aliphatic carbocycles. The summed E-state index contributed by atoms with van der Waals surface area (Å²) in [6, 6.07) is -0.719. The number of allylic oxidation sites excluding steroid dienone is 2. The molecule has 7 atom stereocenters. The zero-order valence-electron chi connectivity index (χ0n) is 42.8. The summed E-state index contributed by atoms with van der Waals surface area (Å²) in [5.41, 5.74) is 0. The van der Waals surface area contributed by atoms with Crippen LogP contribution in [0.3, 0.4) is 0 Å². The lowest BCUT2D eigenvalue weighted by Crippen LogP contribution is -2.60. The number of hydrogen-bond acceptors (Lipinski definition) is 8. The SMILES string of the molecule is CCCCCCCCCCCCCC/C=C\CCCCCCCCCC(=O)NC(COC1OC(CO)C(O)C(O)C1O)C(O)CCCCCCCCCCCCCCCCCCCCC. The maximum absolute atomic E-state index is 13.1. The lowest BCUT2D eigenvalue weighted by molar-refractivity contribution is -0.302. The van der Waals surface area contributed by atoms with E-state index < -0.39 is 49.5 Å². The molecule has 0 saturated carbocycles. The predicted molar refractivity (Wildman–Crippen MR) is 272 cm³/mol. The Hall–Kier alpha value is -1.07. The quantitative estimate of drug-likeness (QED) is 0.0261. The van der Waals surface area contributed by atoms with Gasteiger partial charge in [0.1, 0.15) is 24.4 Å². The molecule has 1 saturated heterocycles. The van der Waals surface area contributed by atoms with Gasteiger partial charge < -0.3 is 40.3 Å². The highest BCUT2D eigenvalue weighted by atomic mass is 16.7. The van der Waals surface area contributed by atoms with Gasteiger partial charge in [-0.2, -0.15) is 0 Å². The van der Waals surface area contributed by atoms with Gasteiger partial charge in [0.05, 0.1) is 25.4 Å². The Morgan fingerprint density at radius 1 is 0.508 bits per heavy atom. The van der Waals surface area contributed by atoms with Crippen molar-refractivity contribution in [1.82, 2.24) is 5.32 Å². The molecule has 9 heteroatoms. The summed E-state index contributed by atoms with van der Waals surface area (Å²) in [4.78, 5) is 13.1. The van der Waals surface area contributed by atoms with E-state index in [1.807, 2.05) is 0 Å². The van der Waals surface area contributed by atoms with Gasteiger partial charge in [0.15, 0.2) is 6.29 Å². The van der Waals surface area contributed by atoms with E-state index in [9.17, 15) is 30.3 Å². The van der Waals surface area contributed by atoms with Crippen LogP contribution in [0.25, 0.3) is 0 Å². The third kappa shape index (κ3) is 36.6. The molecular formula is C56H109NO8. The van der Waals surface area contributed by atoms with Crippen molar-refractivity contribution in [3.63, 3.8) is 0 Å². The number of unbranched alkanes of at least 4 members (excludes halogenated alkanes) is 37. The number of nitrogens with one attached hydrogen (secondary N) is 1. The number of amides is 1. The second kappa shape index (κ2) is 46.6. The number of carbonyl (C=O) groups excluding carboxylic acids is 1. The Morgan fingerprint density at radius 2 is 0.862 bits per heavy atom. The Labute approximate surface area is 401 Å². The first-order valence-electron chi connectivity index (χ1n) is 28.4. The molecule has 9 nitrogen and oxygen atoms in total. The van der Waals surface area contributed by atoms with Gasteiger partial charge in [-0.05, 0) is 38.5 Å². The Bertz CT molecular complexity index is 1030. The van der Waals surface area contributed by atoms with E-state index in [1.165, 1.54) is 218 Å². The van der Waals surface area contributed by atoms with Crippen LogP contribution in [0.1, 0.15) is 284 Å². The minimum absolute atomic E-state index is 0.136. The van der Waals surface area contributed by atoms with Gasteiger partial charge in [-0.15, -0.1) is 0 Å². The number of aliphatic hydroxyl groups is 5. The van der Waals surface area contributed by atoms with Crippen LogP contribution in [0.15, 0.2) is 12.2 Å². The fourth-order valence-electron chi connectivity index (χ4n) is 9.34. The van der Waals surface area contributed by atoms with Gasteiger partial charge in [-0.1, -0.05) is 251 Å². The van der Waals surface area contributed by atoms with Crippen LogP contribution in [0.5, 0.6) is 0 Å². The lowest BCUT2D eigenvalue weighted by Gasteiger charge is -2.40. The van der Waals surface area contributed by atoms with Crippen molar-refractivity contribution in [2.45, 2.75) is 326 Å². The highest BCUT2D eigenvalue weighted by Gasteiger charge is 2.44.